The molecule has 2 aliphatic carbocycles. The van der Waals surface area contributed by atoms with Gasteiger partial charge in [-0.3, -0.25) is 14.3 Å². The van der Waals surface area contributed by atoms with Crippen molar-refractivity contribution in [3.63, 3.8) is 0 Å². The number of alkyl halides is 2. The molecule has 0 spiro atoms. The van der Waals surface area contributed by atoms with E-state index in [0.29, 0.717) is 48.3 Å². The van der Waals surface area contributed by atoms with E-state index in [2.05, 4.69) is 19.8 Å². The molecule has 4 atom stereocenters. The molecule has 0 unspecified atom stereocenters. The number of carbonyl (C=O) groups is 3. The summed E-state index contributed by atoms with van der Waals surface area (Å²) < 4.78 is 65.1. The van der Waals surface area contributed by atoms with Crippen molar-refractivity contribution in [2.45, 2.75) is 101 Å². The van der Waals surface area contributed by atoms with Gasteiger partial charge in [-0.25, -0.2) is 23.2 Å². The topological polar surface area (TPSA) is 160 Å². The average Bonchev–Trinajstić information content (AvgIpc) is 3.90. The molecule has 1 aromatic carbocycles. The molecule has 4 heterocycles. The minimum atomic E-state index is -3.99. The number of fused-ring (bicyclic) bond motifs is 3. The van der Waals surface area contributed by atoms with Crippen molar-refractivity contribution in [1.29, 1.82) is 0 Å². The quantitative estimate of drug-likeness (QED) is 0.239. The maximum absolute atomic E-state index is 14.2. The van der Waals surface area contributed by atoms with Crippen LogP contribution in [0.1, 0.15) is 77.3 Å². The molecule has 13 nitrogen and oxygen atoms in total. The van der Waals surface area contributed by atoms with Gasteiger partial charge in [0.25, 0.3) is 5.91 Å². The summed E-state index contributed by atoms with van der Waals surface area (Å²) in [5.41, 5.74) is -0.184. The van der Waals surface area contributed by atoms with Gasteiger partial charge in [0.1, 0.15) is 44.9 Å². The maximum atomic E-state index is 14.2. The fourth-order valence-corrected chi connectivity index (χ4v) is 9.56. The van der Waals surface area contributed by atoms with Crippen LogP contribution >= 0.6 is 22.9 Å². The van der Waals surface area contributed by atoms with Gasteiger partial charge >= 0.3 is 12.6 Å². The first-order valence-electron chi connectivity index (χ1n) is 18.3. The molecule has 1 saturated heterocycles. The second-order valence-corrected chi connectivity index (χ2v) is 18.7. The van der Waals surface area contributed by atoms with Crippen molar-refractivity contribution >= 4 is 61.7 Å². The number of allylic oxidation sites excluding steroid dienone is 1. The Labute approximate surface area is 326 Å². The van der Waals surface area contributed by atoms with Crippen LogP contribution in [0.5, 0.6) is 11.5 Å². The van der Waals surface area contributed by atoms with Crippen LogP contribution in [0.15, 0.2) is 35.7 Å². The number of carbonyl (C=O) groups excluding carboxylic acids is 3. The van der Waals surface area contributed by atoms with E-state index in [9.17, 15) is 31.6 Å². The normalized spacial score (nSPS) is 25.9. The maximum Gasteiger partial charge on any atom is 0.387 e. The number of halogens is 3. The highest BCUT2D eigenvalue weighted by molar-refractivity contribution is 7.91. The molecule has 2 N–H and O–H groups in total. The lowest BCUT2D eigenvalue weighted by atomic mass is 10.1. The molecular weight excluding hydrogens is 778 g/mol. The first-order chi connectivity index (χ1) is 26.0. The number of urea groups is 1. The van der Waals surface area contributed by atoms with Gasteiger partial charge in [-0.1, -0.05) is 37.6 Å². The van der Waals surface area contributed by atoms with E-state index in [1.165, 1.54) is 28.4 Å². The lowest BCUT2D eigenvalue weighted by Gasteiger charge is -2.30. The third-order valence-electron chi connectivity index (χ3n) is 10.9. The zero-order valence-corrected chi connectivity index (χ0v) is 33.2. The Hall–Kier alpha value is -4.09. The monoisotopic (exact) mass is 820 g/mol. The fourth-order valence-electron chi connectivity index (χ4n) is 7.05. The van der Waals surface area contributed by atoms with Crippen molar-refractivity contribution in [3.8, 4) is 22.2 Å². The van der Waals surface area contributed by atoms with E-state index >= 15 is 0 Å². The summed E-state index contributed by atoms with van der Waals surface area (Å²) >= 11 is 7.95. The predicted molar refractivity (Wildman–Crippen MR) is 203 cm³/mol. The zero-order valence-electron chi connectivity index (χ0n) is 30.8. The average molecular weight is 821 g/mol. The van der Waals surface area contributed by atoms with Crippen LogP contribution in [0.25, 0.3) is 21.6 Å². The Morgan fingerprint density at radius 3 is 2.62 bits per heavy atom. The number of nitrogens with zero attached hydrogens (tertiary/aromatic N) is 4. The van der Waals surface area contributed by atoms with Crippen molar-refractivity contribution in [2.75, 3.05) is 20.1 Å². The molecule has 4 amide bonds. The number of benzene rings is 1. The van der Waals surface area contributed by atoms with Crippen LogP contribution in [0.2, 0.25) is 5.02 Å². The summed E-state index contributed by atoms with van der Waals surface area (Å²) in [7, 11) is -2.32. The fraction of sp³-hybridized carbons (Fsp3) is 0.541. The van der Waals surface area contributed by atoms with Crippen molar-refractivity contribution in [2.24, 2.45) is 5.92 Å². The van der Waals surface area contributed by atoms with Crippen LogP contribution in [0.3, 0.4) is 0 Å². The Balaban J connectivity index is 1.22. The Morgan fingerprint density at radius 1 is 1.16 bits per heavy atom. The summed E-state index contributed by atoms with van der Waals surface area (Å²) in [6.07, 6.45) is 6.33. The molecule has 7 rings (SSSR count). The molecule has 4 aliphatic rings. The summed E-state index contributed by atoms with van der Waals surface area (Å²) in [4.78, 5) is 54.3. The number of pyridine rings is 1. The van der Waals surface area contributed by atoms with E-state index in [-0.39, 0.29) is 53.2 Å². The summed E-state index contributed by atoms with van der Waals surface area (Å²) in [6, 6.07) is 2.77. The molecule has 2 aliphatic heterocycles. The number of nitrogens with one attached hydrogen (secondary N) is 2. The summed E-state index contributed by atoms with van der Waals surface area (Å²) in [5.74, 6) is -1.44. The summed E-state index contributed by atoms with van der Waals surface area (Å²) in [5, 5.41) is 5.50. The van der Waals surface area contributed by atoms with E-state index < -0.39 is 56.9 Å². The molecule has 0 radical (unpaired) electrons. The Bertz CT molecular complexity index is 2160. The molecule has 296 valence electrons. The van der Waals surface area contributed by atoms with E-state index in [1.54, 1.807) is 24.9 Å². The van der Waals surface area contributed by atoms with Gasteiger partial charge in [-0.05, 0) is 63.5 Å². The molecule has 18 heteroatoms. The first-order valence-corrected chi connectivity index (χ1v) is 21.0. The van der Waals surface area contributed by atoms with Gasteiger partial charge in [-0.2, -0.15) is 8.78 Å². The Morgan fingerprint density at radius 2 is 1.93 bits per heavy atom. The molecular formula is C37H43ClF2N6O7S2. The molecule has 3 fully saturated rings. The molecule has 0 bridgehead atoms. The number of thiazole rings is 1. The molecule has 2 saturated carbocycles. The number of rotatable bonds is 9. The van der Waals surface area contributed by atoms with Crippen molar-refractivity contribution in [1.82, 2.24) is 29.8 Å². The van der Waals surface area contributed by atoms with E-state index in [4.69, 9.17) is 21.3 Å². The number of ether oxygens (including phenoxy) is 2. The van der Waals surface area contributed by atoms with E-state index in [1.807, 2.05) is 31.4 Å². The SMILES string of the molecule is CC(C)c1csc(-c2cc(O[C@H]3C[C@H]4C(=O)N(C)CCCC/C=C\[C@@H]5C[C@@]5(C(=O)NS(=O)(=O)C5(C)CC5)NC(=O)N4C3)c3ccc(OC(F)F)c(Cl)c3n2)n1. The molecule has 3 aromatic rings. The number of hydrogen-bond acceptors (Lipinski definition) is 10. The van der Waals surface area contributed by atoms with Crippen LogP contribution in [-0.4, -0.2) is 95.2 Å². The zero-order chi connectivity index (χ0) is 39.4. The highest BCUT2D eigenvalue weighted by Crippen LogP contribution is 2.48. The molecule has 55 heavy (non-hydrogen) atoms. The lowest BCUT2D eigenvalue weighted by Crippen LogP contribution is -2.58. The van der Waals surface area contributed by atoms with Gasteiger partial charge in [-0.15, -0.1) is 11.3 Å². The van der Waals surface area contributed by atoms with Gasteiger partial charge in [0.05, 0.1) is 22.5 Å². The second kappa shape index (κ2) is 14.8. The largest absolute Gasteiger partial charge is 0.488 e. The lowest BCUT2D eigenvalue weighted by molar-refractivity contribution is -0.134. The number of sulfonamides is 1. The van der Waals surface area contributed by atoms with E-state index in [0.717, 1.165) is 12.1 Å². The first kappa shape index (κ1) is 39.2. The van der Waals surface area contributed by atoms with Crippen LogP contribution in [0.4, 0.5) is 13.6 Å². The smallest absolute Gasteiger partial charge is 0.387 e. The van der Waals surface area contributed by atoms with Gasteiger partial charge in [0.15, 0.2) is 0 Å². The van der Waals surface area contributed by atoms with Crippen LogP contribution in [-0.2, 0) is 19.6 Å². The Kier molecular flexibility index (Phi) is 10.5. The van der Waals surface area contributed by atoms with Gasteiger partial charge in [0.2, 0.25) is 15.9 Å². The van der Waals surface area contributed by atoms with Crippen molar-refractivity contribution in [3.05, 3.63) is 46.4 Å². The number of aromatic nitrogens is 2. The van der Waals surface area contributed by atoms with Gasteiger partial charge in [0, 0.05) is 42.8 Å². The van der Waals surface area contributed by atoms with Gasteiger partial charge < -0.3 is 24.6 Å². The third kappa shape index (κ3) is 7.71. The summed E-state index contributed by atoms with van der Waals surface area (Å²) in [6.45, 7) is 2.85. The third-order valence-corrected chi connectivity index (χ3v) is 14.3. The minimum absolute atomic E-state index is 0.0706. The van der Waals surface area contributed by atoms with Crippen molar-refractivity contribution < 1.29 is 41.1 Å². The number of likely N-dealkylation sites (N-methyl/N-ethyl adjacent to an activating group) is 1. The number of hydrogen-bond donors (Lipinski definition) is 2. The second-order valence-electron chi connectivity index (χ2n) is 15.3. The standard InChI is InChI=1S/C37H43ClF2N6O7S2/c1-20(2)25-19-54-31(42-25)24-16-28(23-10-11-27(53-34(39)40)29(38)30(23)41-24)52-22-15-26-32(47)45(4)14-8-6-5-7-9-21-17-37(21,43-35(49)46(26)18-22)33(48)44-55(50,51)36(3)12-13-36/h7,9-11,16,19-22,26,34H,5-6,8,12-15,17-18H2,1-4H3,(H,43,49)(H,44,48)/b9-7-/t21-,22+,26+,37-/m1/s1. The van der Waals surface area contributed by atoms with Crippen LogP contribution in [0, 0.1) is 5.92 Å². The molecule has 2 aromatic heterocycles. The predicted octanol–water partition coefficient (Wildman–Crippen LogP) is 6.22. The highest BCUT2D eigenvalue weighted by atomic mass is 35.5. The van der Waals surface area contributed by atoms with Crippen LogP contribution < -0.4 is 19.5 Å². The highest BCUT2D eigenvalue weighted by Gasteiger charge is 2.63. The minimum Gasteiger partial charge on any atom is -0.488 e. The number of amides is 4.